The van der Waals surface area contributed by atoms with E-state index in [1.54, 1.807) is 0 Å². The van der Waals surface area contributed by atoms with Gasteiger partial charge < -0.3 is 32.1 Å². The Bertz CT molecular complexity index is 511. The van der Waals surface area contributed by atoms with Gasteiger partial charge in [0.2, 0.25) is 5.91 Å². The van der Waals surface area contributed by atoms with Crippen molar-refractivity contribution in [1.29, 1.82) is 0 Å². The predicted octanol–water partition coefficient (Wildman–Crippen LogP) is 1.65. The Labute approximate surface area is 179 Å². The molecule has 0 unspecified atom stereocenters. The molecule has 178 valence electrons. The van der Waals surface area contributed by atoms with Gasteiger partial charge in [-0.2, -0.15) is 0 Å². The minimum Gasteiger partial charge on any atom is -0.480 e. The summed E-state index contributed by atoms with van der Waals surface area (Å²) in [5.41, 5.74) is 10.4. The molecular formula is C20H41N3O7. The van der Waals surface area contributed by atoms with Crippen molar-refractivity contribution in [2.75, 3.05) is 0 Å². The lowest BCUT2D eigenvalue weighted by Gasteiger charge is -2.14. The molecule has 10 heteroatoms. The molecule has 0 radical (unpaired) electrons. The molecule has 10 nitrogen and oxygen atoms in total. The van der Waals surface area contributed by atoms with Crippen LogP contribution < -0.4 is 16.8 Å². The first kappa shape index (κ1) is 32.5. The van der Waals surface area contributed by atoms with Crippen LogP contribution in [0.5, 0.6) is 0 Å². The van der Waals surface area contributed by atoms with Crippen molar-refractivity contribution < 1.29 is 34.5 Å². The van der Waals surface area contributed by atoms with Crippen LogP contribution in [0.25, 0.3) is 0 Å². The molecule has 0 heterocycles. The van der Waals surface area contributed by atoms with E-state index in [4.69, 9.17) is 26.8 Å². The Hall–Kier alpha value is -2.20. The van der Waals surface area contributed by atoms with Crippen LogP contribution >= 0.6 is 0 Å². The second-order valence-electron chi connectivity index (χ2n) is 7.88. The van der Waals surface area contributed by atoms with Crippen LogP contribution in [0.2, 0.25) is 0 Å². The number of carbonyl (C=O) groups excluding carboxylic acids is 1. The fourth-order valence-corrected chi connectivity index (χ4v) is 2.09. The lowest BCUT2D eigenvalue weighted by Crippen LogP contribution is -2.40. The third-order valence-corrected chi connectivity index (χ3v) is 3.61. The Balaban J connectivity index is -0.000000371. The molecule has 0 aliphatic heterocycles. The van der Waals surface area contributed by atoms with E-state index in [2.05, 4.69) is 5.32 Å². The molecule has 30 heavy (non-hydrogen) atoms. The van der Waals surface area contributed by atoms with Gasteiger partial charge in [-0.15, -0.1) is 0 Å². The van der Waals surface area contributed by atoms with Crippen molar-refractivity contribution in [3.63, 3.8) is 0 Å². The maximum absolute atomic E-state index is 10.6. The van der Waals surface area contributed by atoms with Crippen LogP contribution in [0.3, 0.4) is 0 Å². The molecule has 1 amide bonds. The van der Waals surface area contributed by atoms with E-state index in [0.717, 1.165) is 12.8 Å². The fourth-order valence-electron chi connectivity index (χ4n) is 2.09. The van der Waals surface area contributed by atoms with Crippen LogP contribution in [0.4, 0.5) is 0 Å². The van der Waals surface area contributed by atoms with Crippen molar-refractivity contribution in [1.82, 2.24) is 5.32 Å². The molecule has 3 atom stereocenters. The third kappa shape index (κ3) is 23.8. The maximum Gasteiger partial charge on any atom is 0.326 e. The average molecular weight is 436 g/mol. The summed E-state index contributed by atoms with van der Waals surface area (Å²) >= 11 is 0. The number of carbonyl (C=O) groups is 4. The van der Waals surface area contributed by atoms with Gasteiger partial charge >= 0.3 is 17.9 Å². The highest BCUT2D eigenvalue weighted by Crippen LogP contribution is 2.04. The molecule has 0 aromatic rings. The van der Waals surface area contributed by atoms with Gasteiger partial charge in [0, 0.05) is 6.92 Å². The first-order valence-electron chi connectivity index (χ1n) is 10.1. The van der Waals surface area contributed by atoms with Crippen LogP contribution in [0.15, 0.2) is 0 Å². The number of carboxylic acid groups (broad SMARTS) is 3. The first-order chi connectivity index (χ1) is 13.6. The monoisotopic (exact) mass is 435 g/mol. The van der Waals surface area contributed by atoms with E-state index in [0.29, 0.717) is 25.2 Å². The Kier molecular flexibility index (Phi) is 20.3. The van der Waals surface area contributed by atoms with E-state index in [1.807, 2.05) is 34.6 Å². The van der Waals surface area contributed by atoms with Crippen molar-refractivity contribution in [2.45, 2.75) is 91.8 Å². The minimum atomic E-state index is -0.973. The molecule has 0 aliphatic carbocycles. The fraction of sp³-hybridized carbons (Fsp3) is 0.800. The number of rotatable bonds is 11. The summed E-state index contributed by atoms with van der Waals surface area (Å²) < 4.78 is 0. The summed E-state index contributed by atoms with van der Waals surface area (Å²) in [4.78, 5) is 41.3. The van der Waals surface area contributed by atoms with Gasteiger partial charge in [-0.25, -0.2) is 4.79 Å². The second kappa shape index (κ2) is 18.8. The highest BCUT2D eigenvalue weighted by Gasteiger charge is 2.19. The van der Waals surface area contributed by atoms with Crippen molar-refractivity contribution in [2.24, 2.45) is 23.3 Å². The lowest BCUT2D eigenvalue weighted by atomic mass is 10.0. The number of unbranched alkanes of at least 4 members (excludes halogenated alkanes) is 1. The Morgan fingerprint density at radius 1 is 0.800 bits per heavy atom. The lowest BCUT2D eigenvalue weighted by molar-refractivity contribution is -0.142. The summed E-state index contributed by atoms with van der Waals surface area (Å²) in [6.07, 6.45) is 3.50. The molecule has 0 aromatic heterocycles. The smallest absolute Gasteiger partial charge is 0.326 e. The number of amides is 1. The van der Waals surface area contributed by atoms with Crippen LogP contribution in [-0.4, -0.2) is 57.3 Å². The second-order valence-corrected chi connectivity index (χ2v) is 7.88. The van der Waals surface area contributed by atoms with E-state index in [-0.39, 0.29) is 11.8 Å². The predicted molar refractivity (Wildman–Crippen MR) is 115 cm³/mol. The van der Waals surface area contributed by atoms with Gasteiger partial charge in [-0.1, -0.05) is 47.5 Å². The standard InChI is InChI=1S/C8H15NO3.2C6H13NO2/c1-5(2)4-7(8(11)12)9-6(3)10;1-4(2)3-5(7)6(8)9;1-2-3-4-5(7)6(8)9/h5,7H,4H2,1-3H3,(H,9,10)(H,11,12);4-5H,3,7H2,1-2H3,(H,8,9);5H,2-4,7H2,1H3,(H,8,9)/t7-;2*5-/m000/s1. The van der Waals surface area contributed by atoms with Crippen molar-refractivity contribution in [3.05, 3.63) is 0 Å². The zero-order valence-corrected chi connectivity index (χ0v) is 19.1. The average Bonchev–Trinajstić information content (AvgIpc) is 2.58. The van der Waals surface area contributed by atoms with E-state index < -0.39 is 36.0 Å². The molecule has 0 saturated carbocycles. The van der Waals surface area contributed by atoms with E-state index >= 15 is 0 Å². The highest BCUT2D eigenvalue weighted by atomic mass is 16.4. The number of nitrogens with one attached hydrogen (secondary N) is 1. The number of hydrogen-bond donors (Lipinski definition) is 6. The molecule has 0 saturated heterocycles. The summed E-state index contributed by atoms with van der Waals surface area (Å²) in [6.45, 7) is 11.0. The maximum atomic E-state index is 10.6. The molecule has 8 N–H and O–H groups in total. The molecular weight excluding hydrogens is 394 g/mol. The molecule has 0 rings (SSSR count). The first-order valence-corrected chi connectivity index (χ1v) is 10.1. The van der Waals surface area contributed by atoms with Gasteiger partial charge in [0.05, 0.1) is 0 Å². The SMILES string of the molecule is CC(=O)N[C@@H](CC(C)C)C(=O)O.CC(C)C[C@H](N)C(=O)O.CCCC[C@H](N)C(=O)O. The van der Waals surface area contributed by atoms with Gasteiger partial charge in [0.25, 0.3) is 0 Å². The zero-order valence-electron chi connectivity index (χ0n) is 19.1. The molecule has 0 aliphatic rings. The molecule has 0 aromatic carbocycles. The molecule has 0 bridgehead atoms. The van der Waals surface area contributed by atoms with Crippen LogP contribution in [-0.2, 0) is 19.2 Å². The van der Waals surface area contributed by atoms with Gasteiger partial charge in [-0.05, 0) is 31.1 Å². The quantitative estimate of drug-likeness (QED) is 0.280. The number of nitrogens with two attached hydrogens (primary N) is 2. The van der Waals surface area contributed by atoms with Gasteiger partial charge in [0.15, 0.2) is 0 Å². The zero-order chi connectivity index (χ0) is 24.4. The number of carboxylic acids is 3. The van der Waals surface area contributed by atoms with Crippen molar-refractivity contribution >= 4 is 23.8 Å². The third-order valence-electron chi connectivity index (χ3n) is 3.61. The summed E-state index contributed by atoms with van der Waals surface area (Å²) in [7, 11) is 0. The van der Waals surface area contributed by atoms with Crippen LogP contribution in [0, 0.1) is 11.8 Å². The topological polar surface area (TPSA) is 193 Å². The minimum absolute atomic E-state index is 0.262. The highest BCUT2D eigenvalue weighted by molar-refractivity contribution is 5.82. The summed E-state index contributed by atoms with van der Waals surface area (Å²) in [5.74, 6) is -2.47. The number of aliphatic carboxylic acids is 3. The normalized spacial score (nSPS) is 13.1. The Morgan fingerprint density at radius 3 is 1.47 bits per heavy atom. The molecule has 0 spiro atoms. The Morgan fingerprint density at radius 2 is 1.23 bits per heavy atom. The van der Waals surface area contributed by atoms with Crippen LogP contribution in [0.1, 0.15) is 73.6 Å². The van der Waals surface area contributed by atoms with E-state index in [1.165, 1.54) is 6.92 Å². The van der Waals surface area contributed by atoms with Gasteiger partial charge in [0.1, 0.15) is 18.1 Å². The van der Waals surface area contributed by atoms with E-state index in [9.17, 15) is 19.2 Å². The van der Waals surface area contributed by atoms with Crippen molar-refractivity contribution in [3.8, 4) is 0 Å². The molecule has 0 fully saturated rings. The largest absolute Gasteiger partial charge is 0.480 e. The summed E-state index contributed by atoms with van der Waals surface area (Å²) in [6, 6.07) is -2.10. The number of hydrogen-bond acceptors (Lipinski definition) is 6. The summed E-state index contributed by atoms with van der Waals surface area (Å²) in [5, 5.41) is 27.6. The van der Waals surface area contributed by atoms with Gasteiger partial charge in [-0.3, -0.25) is 14.4 Å².